The summed E-state index contributed by atoms with van der Waals surface area (Å²) in [6, 6.07) is 8.91. The van der Waals surface area contributed by atoms with E-state index in [-0.39, 0.29) is 5.57 Å². The normalized spacial score (nSPS) is 8.76. The number of allylic oxidation sites excluding steroid dienone is 1. The molecule has 1 aromatic carbocycles. The van der Waals surface area contributed by atoms with E-state index >= 15 is 0 Å². The smallest absolute Gasteiger partial charge is 0.147 e. The number of benzene rings is 1. The number of hydrazine groups is 1. The van der Waals surface area contributed by atoms with Crippen LogP contribution in [-0.2, 0) is 0 Å². The highest BCUT2D eigenvalue weighted by molar-refractivity contribution is 9.10. The fourth-order valence-corrected chi connectivity index (χ4v) is 1.48. The van der Waals surface area contributed by atoms with E-state index in [9.17, 15) is 0 Å². The maximum atomic E-state index is 8.56. The minimum absolute atomic E-state index is 0.0138. The van der Waals surface area contributed by atoms with Crippen LogP contribution in [0.2, 0.25) is 5.02 Å². The molecule has 1 rings (SSSR count). The second kappa shape index (κ2) is 6.15. The molecule has 0 fully saturated rings. The van der Waals surface area contributed by atoms with Crippen molar-refractivity contribution in [1.29, 1.82) is 10.5 Å². The van der Waals surface area contributed by atoms with Crippen molar-refractivity contribution >= 4 is 33.4 Å². The first kappa shape index (κ1) is 13.4. The molecule has 0 bridgehead atoms. The zero-order chi connectivity index (χ0) is 12.8. The molecule has 0 saturated heterocycles. The highest BCUT2D eigenvalue weighted by atomic mass is 79.9. The Morgan fingerprint density at radius 2 is 2.12 bits per heavy atom. The minimum atomic E-state index is -0.0138. The van der Waals surface area contributed by atoms with Gasteiger partial charge in [0.25, 0.3) is 0 Å². The van der Waals surface area contributed by atoms with Crippen LogP contribution in [0.3, 0.4) is 0 Å². The number of halogens is 2. The first-order valence-corrected chi connectivity index (χ1v) is 5.66. The topological polar surface area (TPSA) is 62.9 Å². The Kier molecular flexibility index (Phi) is 4.84. The largest absolute Gasteiger partial charge is 0.293 e. The number of nitriles is 2. The van der Waals surface area contributed by atoms with Crippen molar-refractivity contribution in [1.82, 2.24) is 5.43 Å². The summed E-state index contributed by atoms with van der Waals surface area (Å²) in [7, 11) is 0. The number of nitrogens with one attached hydrogen (secondary N) is 1. The fourth-order valence-electron chi connectivity index (χ4n) is 1.04. The fraction of sp³-hybridized carbons (Fsp3) is 0.0909. The first-order chi connectivity index (χ1) is 8.08. The summed E-state index contributed by atoms with van der Waals surface area (Å²) in [4.78, 5) is 0. The lowest BCUT2D eigenvalue weighted by atomic mass is 10.2. The maximum Gasteiger partial charge on any atom is 0.147 e. The number of aryl methyl sites for hydroxylation is 1. The summed E-state index contributed by atoms with van der Waals surface area (Å²) in [5.41, 5.74) is 4.47. The van der Waals surface area contributed by atoms with Crippen molar-refractivity contribution in [2.75, 3.05) is 4.03 Å². The second-order valence-electron chi connectivity index (χ2n) is 3.13. The third kappa shape index (κ3) is 3.67. The molecule has 0 aromatic heterocycles. The van der Waals surface area contributed by atoms with Crippen LogP contribution < -0.4 is 9.46 Å². The average Bonchev–Trinajstić information content (AvgIpc) is 2.33. The monoisotopic (exact) mass is 310 g/mol. The van der Waals surface area contributed by atoms with Crippen LogP contribution in [0, 0.1) is 29.6 Å². The second-order valence-corrected chi connectivity index (χ2v) is 4.24. The van der Waals surface area contributed by atoms with Gasteiger partial charge in [0, 0.05) is 11.2 Å². The number of hydrogen-bond donors (Lipinski definition) is 1. The summed E-state index contributed by atoms with van der Waals surface area (Å²) >= 11 is 9.15. The van der Waals surface area contributed by atoms with Crippen LogP contribution in [0.1, 0.15) is 5.56 Å². The van der Waals surface area contributed by atoms with Gasteiger partial charge in [-0.25, -0.2) is 4.03 Å². The van der Waals surface area contributed by atoms with Crippen molar-refractivity contribution in [3.8, 4) is 12.1 Å². The molecule has 4 nitrogen and oxygen atoms in total. The number of rotatable bonds is 3. The molecule has 0 atom stereocenters. The lowest BCUT2D eigenvalue weighted by molar-refractivity contribution is 0.968. The molecule has 0 radical (unpaired) electrons. The van der Waals surface area contributed by atoms with Gasteiger partial charge in [0.15, 0.2) is 0 Å². The summed E-state index contributed by atoms with van der Waals surface area (Å²) in [6.45, 7) is 1.89. The van der Waals surface area contributed by atoms with Gasteiger partial charge in [-0.15, -0.1) is 0 Å². The van der Waals surface area contributed by atoms with Gasteiger partial charge < -0.3 is 0 Å². The van der Waals surface area contributed by atoms with Crippen molar-refractivity contribution < 1.29 is 0 Å². The van der Waals surface area contributed by atoms with Crippen LogP contribution in [0.4, 0.5) is 5.69 Å². The van der Waals surface area contributed by atoms with E-state index in [1.165, 1.54) is 10.2 Å². The van der Waals surface area contributed by atoms with Gasteiger partial charge in [-0.3, -0.25) is 5.43 Å². The minimum Gasteiger partial charge on any atom is -0.293 e. The van der Waals surface area contributed by atoms with Gasteiger partial charge in [-0.1, -0.05) is 11.6 Å². The first-order valence-electron chi connectivity index (χ1n) is 4.57. The van der Waals surface area contributed by atoms with E-state index in [1.807, 2.05) is 13.0 Å². The third-order valence-electron chi connectivity index (χ3n) is 1.93. The molecule has 1 aromatic rings. The van der Waals surface area contributed by atoms with Crippen molar-refractivity contribution in [2.45, 2.75) is 6.92 Å². The van der Waals surface area contributed by atoms with Gasteiger partial charge >= 0.3 is 0 Å². The molecule has 0 heterocycles. The van der Waals surface area contributed by atoms with E-state index in [2.05, 4.69) is 21.6 Å². The van der Waals surface area contributed by atoms with Gasteiger partial charge in [-0.2, -0.15) is 10.5 Å². The summed E-state index contributed by atoms with van der Waals surface area (Å²) in [5.74, 6) is 0. The molecule has 0 aliphatic rings. The molecule has 0 saturated carbocycles. The number of nitrogens with zero attached hydrogens (tertiary/aromatic N) is 3. The molecule has 0 amide bonds. The predicted octanol–water partition coefficient (Wildman–Crippen LogP) is 3.20. The van der Waals surface area contributed by atoms with E-state index in [0.29, 0.717) is 5.02 Å². The molecule has 6 heteroatoms. The summed E-state index contributed by atoms with van der Waals surface area (Å²) in [5, 5.41) is 17.8. The molecular weight excluding hydrogens is 304 g/mol. The van der Waals surface area contributed by atoms with Crippen LogP contribution >= 0.6 is 27.7 Å². The van der Waals surface area contributed by atoms with Crippen molar-refractivity contribution in [2.24, 2.45) is 0 Å². The molecule has 0 aliphatic carbocycles. The molecule has 86 valence electrons. The van der Waals surface area contributed by atoms with Gasteiger partial charge in [0.05, 0.1) is 21.8 Å². The van der Waals surface area contributed by atoms with Crippen LogP contribution in [-0.4, -0.2) is 0 Å². The summed E-state index contributed by atoms with van der Waals surface area (Å²) in [6.07, 6.45) is 1.30. The highest BCUT2D eigenvalue weighted by Crippen LogP contribution is 2.23. The van der Waals surface area contributed by atoms with E-state index in [1.54, 1.807) is 24.3 Å². The Bertz CT molecular complexity index is 511. The third-order valence-corrected chi connectivity index (χ3v) is 2.97. The van der Waals surface area contributed by atoms with Crippen LogP contribution in [0.15, 0.2) is 30.0 Å². The summed E-state index contributed by atoms with van der Waals surface area (Å²) < 4.78 is 1.50. The average molecular weight is 312 g/mol. The SMILES string of the molecule is Cc1cc(N(Br)NC=C(C#N)C#N)ccc1Cl. The Morgan fingerprint density at radius 1 is 1.47 bits per heavy atom. The molecular formula is C11H8BrClN4. The van der Waals surface area contributed by atoms with E-state index < -0.39 is 0 Å². The van der Waals surface area contributed by atoms with Crippen molar-refractivity contribution in [3.05, 3.63) is 40.6 Å². The quantitative estimate of drug-likeness (QED) is 0.529. The van der Waals surface area contributed by atoms with Crippen LogP contribution in [0.5, 0.6) is 0 Å². The lowest BCUT2D eigenvalue weighted by Crippen LogP contribution is -2.23. The van der Waals surface area contributed by atoms with Gasteiger partial charge in [0.1, 0.15) is 17.7 Å². The van der Waals surface area contributed by atoms with Crippen LogP contribution in [0.25, 0.3) is 0 Å². The highest BCUT2D eigenvalue weighted by Gasteiger charge is 2.03. The zero-order valence-electron chi connectivity index (χ0n) is 8.91. The standard InChI is InChI=1S/C11H8BrClN4/c1-8-4-10(2-3-11(8)13)17(12)16-7-9(5-14)6-15/h2-4,7,16H,1H3. The van der Waals surface area contributed by atoms with E-state index in [4.69, 9.17) is 22.1 Å². The molecule has 1 N–H and O–H groups in total. The Balaban J connectivity index is 2.81. The van der Waals surface area contributed by atoms with E-state index in [0.717, 1.165) is 11.3 Å². The molecule has 17 heavy (non-hydrogen) atoms. The lowest BCUT2D eigenvalue weighted by Gasteiger charge is -2.16. The molecule has 0 unspecified atom stereocenters. The Labute approximate surface area is 113 Å². The predicted molar refractivity (Wildman–Crippen MR) is 70.0 cm³/mol. The maximum absolute atomic E-state index is 8.56. The van der Waals surface area contributed by atoms with Gasteiger partial charge in [0.2, 0.25) is 0 Å². The molecule has 0 aliphatic heterocycles. The molecule has 0 spiro atoms. The Morgan fingerprint density at radius 3 is 2.65 bits per heavy atom. The van der Waals surface area contributed by atoms with Gasteiger partial charge in [-0.05, 0) is 30.7 Å². The zero-order valence-corrected chi connectivity index (χ0v) is 11.2. The Hall–Kier alpha value is -1.69. The van der Waals surface area contributed by atoms with Crippen molar-refractivity contribution in [3.63, 3.8) is 0 Å². The number of hydrogen-bond acceptors (Lipinski definition) is 4. The number of anilines is 1.